The summed E-state index contributed by atoms with van der Waals surface area (Å²) < 4.78 is 0. The normalized spacial score (nSPS) is 10.9. The standard InChI is InChI=1S/C26H19NO2/c28-25(22-15-14-19-8-4-5-11-21(19)18-22)16-17-27-24-13-7-6-12-23(24)26(29)20-9-2-1-3-10-20/h1-18,27H/b17-16-. The van der Waals surface area contributed by atoms with Crippen molar-refractivity contribution in [3.63, 3.8) is 0 Å². The van der Waals surface area contributed by atoms with E-state index in [1.54, 1.807) is 24.4 Å². The molecule has 3 nitrogen and oxygen atoms in total. The van der Waals surface area contributed by atoms with Gasteiger partial charge in [0.15, 0.2) is 11.6 Å². The van der Waals surface area contributed by atoms with E-state index in [1.807, 2.05) is 78.9 Å². The Morgan fingerprint density at radius 2 is 1.34 bits per heavy atom. The van der Waals surface area contributed by atoms with E-state index < -0.39 is 0 Å². The second-order valence-corrected chi connectivity index (χ2v) is 6.64. The van der Waals surface area contributed by atoms with Crippen LogP contribution in [0.2, 0.25) is 0 Å². The van der Waals surface area contributed by atoms with E-state index in [2.05, 4.69) is 5.32 Å². The van der Waals surface area contributed by atoms with Crippen LogP contribution in [0.3, 0.4) is 0 Å². The van der Waals surface area contributed by atoms with Crippen LogP contribution in [0.1, 0.15) is 26.3 Å². The number of fused-ring (bicyclic) bond motifs is 1. The fraction of sp³-hybridized carbons (Fsp3) is 0. The molecule has 0 atom stereocenters. The number of rotatable bonds is 6. The highest BCUT2D eigenvalue weighted by Crippen LogP contribution is 2.20. The summed E-state index contributed by atoms with van der Waals surface area (Å²) in [4.78, 5) is 25.3. The molecule has 0 aliphatic carbocycles. The predicted octanol–water partition coefficient (Wildman–Crippen LogP) is 5.88. The monoisotopic (exact) mass is 377 g/mol. The first-order chi connectivity index (χ1) is 14.2. The lowest BCUT2D eigenvalue weighted by atomic mass is 10.0. The first-order valence-corrected chi connectivity index (χ1v) is 9.37. The summed E-state index contributed by atoms with van der Waals surface area (Å²) in [5.41, 5.74) is 2.46. The van der Waals surface area contributed by atoms with Gasteiger partial charge < -0.3 is 5.32 Å². The maximum atomic E-state index is 12.8. The summed E-state index contributed by atoms with van der Waals surface area (Å²) in [5.74, 6) is -0.168. The van der Waals surface area contributed by atoms with E-state index in [9.17, 15) is 9.59 Å². The van der Waals surface area contributed by atoms with E-state index in [0.29, 0.717) is 22.4 Å². The largest absolute Gasteiger partial charge is 0.361 e. The number of carbonyl (C=O) groups excluding carboxylic acids is 2. The highest BCUT2D eigenvalue weighted by atomic mass is 16.1. The Balaban J connectivity index is 1.52. The lowest BCUT2D eigenvalue weighted by Crippen LogP contribution is -2.05. The summed E-state index contributed by atoms with van der Waals surface area (Å²) in [6.45, 7) is 0. The van der Waals surface area contributed by atoms with Gasteiger partial charge in [-0.2, -0.15) is 0 Å². The molecular weight excluding hydrogens is 358 g/mol. The highest BCUT2D eigenvalue weighted by Gasteiger charge is 2.12. The first kappa shape index (κ1) is 18.4. The molecule has 140 valence electrons. The maximum Gasteiger partial charge on any atom is 0.195 e. The lowest BCUT2D eigenvalue weighted by Gasteiger charge is -2.08. The molecule has 0 aliphatic heterocycles. The van der Waals surface area contributed by atoms with Gasteiger partial charge in [0.2, 0.25) is 0 Å². The molecule has 1 N–H and O–H groups in total. The number of anilines is 1. The van der Waals surface area contributed by atoms with Crippen molar-refractivity contribution in [3.05, 3.63) is 126 Å². The van der Waals surface area contributed by atoms with Crippen LogP contribution < -0.4 is 5.32 Å². The summed E-state index contributed by atoms with van der Waals surface area (Å²) in [7, 11) is 0. The summed E-state index contributed by atoms with van der Waals surface area (Å²) in [5, 5.41) is 5.20. The summed E-state index contributed by atoms with van der Waals surface area (Å²) in [6.07, 6.45) is 3.06. The van der Waals surface area contributed by atoms with Gasteiger partial charge in [0.25, 0.3) is 0 Å². The molecule has 4 aromatic carbocycles. The van der Waals surface area contributed by atoms with Crippen LogP contribution in [-0.2, 0) is 0 Å². The van der Waals surface area contributed by atoms with Gasteiger partial charge in [-0.1, -0.05) is 78.9 Å². The fourth-order valence-electron chi connectivity index (χ4n) is 3.20. The summed E-state index contributed by atoms with van der Waals surface area (Å²) in [6, 6.07) is 30.0. The minimum atomic E-state index is -0.102. The molecule has 0 fully saturated rings. The molecule has 0 aromatic heterocycles. The Morgan fingerprint density at radius 3 is 2.17 bits per heavy atom. The van der Waals surface area contributed by atoms with Crippen molar-refractivity contribution in [1.29, 1.82) is 0 Å². The maximum absolute atomic E-state index is 12.8. The SMILES string of the molecule is O=C(/C=C\Nc1ccccc1C(=O)c1ccccc1)c1ccc2ccccc2c1. The molecule has 0 aliphatic rings. The first-order valence-electron chi connectivity index (χ1n) is 9.37. The second-order valence-electron chi connectivity index (χ2n) is 6.64. The minimum Gasteiger partial charge on any atom is -0.361 e. The van der Waals surface area contributed by atoms with E-state index in [1.165, 1.54) is 6.08 Å². The molecule has 0 saturated carbocycles. The number of carbonyl (C=O) groups is 2. The predicted molar refractivity (Wildman–Crippen MR) is 117 cm³/mol. The molecule has 3 heteroatoms. The highest BCUT2D eigenvalue weighted by molar-refractivity contribution is 6.12. The number of hydrogen-bond donors (Lipinski definition) is 1. The molecule has 0 radical (unpaired) electrons. The molecule has 4 aromatic rings. The number of para-hydroxylation sites is 1. The van der Waals surface area contributed by atoms with Crippen LogP contribution in [0.5, 0.6) is 0 Å². The van der Waals surface area contributed by atoms with E-state index in [4.69, 9.17) is 0 Å². The topological polar surface area (TPSA) is 46.2 Å². The average Bonchev–Trinajstić information content (AvgIpc) is 2.79. The van der Waals surface area contributed by atoms with Crippen molar-refractivity contribution in [2.75, 3.05) is 5.32 Å². The van der Waals surface area contributed by atoms with Crippen molar-refractivity contribution in [3.8, 4) is 0 Å². The van der Waals surface area contributed by atoms with Gasteiger partial charge in [0, 0.05) is 34.7 Å². The Bertz CT molecular complexity index is 1210. The van der Waals surface area contributed by atoms with Crippen LogP contribution in [0.15, 0.2) is 109 Å². The van der Waals surface area contributed by atoms with Crippen LogP contribution >= 0.6 is 0 Å². The van der Waals surface area contributed by atoms with E-state index in [-0.39, 0.29) is 11.6 Å². The number of hydrogen-bond acceptors (Lipinski definition) is 3. The number of benzene rings is 4. The van der Waals surface area contributed by atoms with Crippen molar-refractivity contribution in [2.24, 2.45) is 0 Å². The average molecular weight is 377 g/mol. The Labute approximate surface area is 169 Å². The molecule has 0 spiro atoms. The second kappa shape index (κ2) is 8.36. The fourth-order valence-corrected chi connectivity index (χ4v) is 3.20. The van der Waals surface area contributed by atoms with Crippen LogP contribution in [0.25, 0.3) is 10.8 Å². The molecule has 0 saturated heterocycles. The van der Waals surface area contributed by atoms with Crippen molar-refractivity contribution < 1.29 is 9.59 Å². The lowest BCUT2D eigenvalue weighted by molar-refractivity contribution is 0.103. The van der Waals surface area contributed by atoms with Gasteiger partial charge in [-0.25, -0.2) is 0 Å². The zero-order chi connectivity index (χ0) is 20.1. The van der Waals surface area contributed by atoms with Crippen LogP contribution in [-0.4, -0.2) is 11.6 Å². The van der Waals surface area contributed by atoms with Crippen LogP contribution in [0.4, 0.5) is 5.69 Å². The van der Waals surface area contributed by atoms with Gasteiger partial charge in [-0.15, -0.1) is 0 Å². The third-order valence-corrected chi connectivity index (χ3v) is 4.72. The van der Waals surface area contributed by atoms with Gasteiger partial charge in [0.1, 0.15) is 0 Å². The molecule has 0 heterocycles. The Kier molecular flexibility index (Phi) is 5.30. The molecule has 4 rings (SSSR count). The smallest absolute Gasteiger partial charge is 0.195 e. The van der Waals surface area contributed by atoms with Gasteiger partial charge in [-0.05, 0) is 29.0 Å². The van der Waals surface area contributed by atoms with Gasteiger partial charge in [-0.3, -0.25) is 9.59 Å². The molecule has 0 bridgehead atoms. The minimum absolute atomic E-state index is 0.0667. The van der Waals surface area contributed by atoms with E-state index >= 15 is 0 Å². The molecule has 29 heavy (non-hydrogen) atoms. The zero-order valence-corrected chi connectivity index (χ0v) is 15.7. The molecule has 0 unspecified atom stereocenters. The third kappa shape index (κ3) is 4.14. The Hall–Kier alpha value is -3.98. The van der Waals surface area contributed by atoms with Gasteiger partial charge >= 0.3 is 0 Å². The third-order valence-electron chi connectivity index (χ3n) is 4.72. The quantitative estimate of drug-likeness (QED) is 0.337. The number of allylic oxidation sites excluding steroid dienone is 1. The van der Waals surface area contributed by atoms with Gasteiger partial charge in [0.05, 0.1) is 0 Å². The Morgan fingerprint density at radius 1 is 0.655 bits per heavy atom. The number of ketones is 2. The summed E-state index contributed by atoms with van der Waals surface area (Å²) >= 11 is 0. The van der Waals surface area contributed by atoms with Crippen molar-refractivity contribution in [2.45, 2.75) is 0 Å². The van der Waals surface area contributed by atoms with Crippen LogP contribution in [0, 0.1) is 0 Å². The molecular formula is C26H19NO2. The number of nitrogens with one attached hydrogen (secondary N) is 1. The molecule has 0 amide bonds. The zero-order valence-electron chi connectivity index (χ0n) is 15.7. The van der Waals surface area contributed by atoms with Crippen molar-refractivity contribution >= 4 is 28.0 Å². The van der Waals surface area contributed by atoms with Crippen molar-refractivity contribution in [1.82, 2.24) is 0 Å². The van der Waals surface area contributed by atoms with E-state index in [0.717, 1.165) is 10.8 Å².